The van der Waals surface area contributed by atoms with E-state index < -0.39 is 0 Å². The molecule has 5 nitrogen and oxygen atoms in total. The molecule has 1 fully saturated rings. The molecular formula is C21H28N2O3. The number of fused-ring (bicyclic) bond motifs is 1. The highest BCUT2D eigenvalue weighted by Gasteiger charge is 2.32. The van der Waals surface area contributed by atoms with Crippen LogP contribution in [-0.4, -0.2) is 23.9 Å². The lowest BCUT2D eigenvalue weighted by Gasteiger charge is -2.34. The number of rotatable bonds is 6. The molecule has 1 aromatic rings. The van der Waals surface area contributed by atoms with Crippen molar-refractivity contribution < 1.29 is 14.3 Å². The highest BCUT2D eigenvalue weighted by atomic mass is 16.5. The van der Waals surface area contributed by atoms with Gasteiger partial charge in [0.05, 0.1) is 25.2 Å². The van der Waals surface area contributed by atoms with E-state index in [9.17, 15) is 9.59 Å². The molecule has 0 spiro atoms. The lowest BCUT2D eigenvalue weighted by molar-refractivity contribution is -0.122. The smallest absolute Gasteiger partial charge is 0.243 e. The monoisotopic (exact) mass is 356 g/mol. The van der Waals surface area contributed by atoms with Crippen LogP contribution in [0.3, 0.4) is 0 Å². The highest BCUT2D eigenvalue weighted by Crippen LogP contribution is 2.27. The van der Waals surface area contributed by atoms with Crippen LogP contribution >= 0.6 is 0 Å². The van der Waals surface area contributed by atoms with E-state index in [1.54, 1.807) is 0 Å². The van der Waals surface area contributed by atoms with Gasteiger partial charge < -0.3 is 15.4 Å². The van der Waals surface area contributed by atoms with Crippen LogP contribution in [-0.2, 0) is 34.0 Å². The molecule has 2 aliphatic rings. The fourth-order valence-corrected chi connectivity index (χ4v) is 3.91. The molecule has 1 aliphatic heterocycles. The minimum Gasteiger partial charge on any atom is -0.372 e. The largest absolute Gasteiger partial charge is 0.372 e. The van der Waals surface area contributed by atoms with Gasteiger partial charge in [0.1, 0.15) is 0 Å². The first kappa shape index (κ1) is 18.6. The summed E-state index contributed by atoms with van der Waals surface area (Å²) in [5.74, 6) is -0.180. The fourth-order valence-electron chi connectivity index (χ4n) is 3.91. The predicted molar refractivity (Wildman–Crippen MR) is 100 cm³/mol. The second-order valence-electron chi connectivity index (χ2n) is 7.44. The van der Waals surface area contributed by atoms with Crippen molar-refractivity contribution in [2.45, 2.75) is 63.7 Å². The third-order valence-electron chi connectivity index (χ3n) is 5.41. The van der Waals surface area contributed by atoms with E-state index in [-0.39, 0.29) is 17.4 Å². The van der Waals surface area contributed by atoms with E-state index in [0.29, 0.717) is 26.2 Å². The normalized spacial score (nSPS) is 18.5. The summed E-state index contributed by atoms with van der Waals surface area (Å²) >= 11 is 0. The molecule has 1 aliphatic carbocycles. The molecule has 3 rings (SSSR count). The van der Waals surface area contributed by atoms with Gasteiger partial charge in [-0.25, -0.2) is 0 Å². The van der Waals surface area contributed by atoms with Gasteiger partial charge in [-0.15, -0.1) is 0 Å². The number of carbonyl (C=O) groups excluding carboxylic acids is 2. The SMILES string of the molecule is C=CC(=O)NC1(CNC(=O)Cc2ccc3c(c2)COC3)CCCCCC1. The number of hydrogen-bond donors (Lipinski definition) is 2. The molecule has 0 atom stereocenters. The van der Waals surface area contributed by atoms with Gasteiger partial charge in [0.25, 0.3) is 0 Å². The van der Waals surface area contributed by atoms with Gasteiger partial charge in [-0.2, -0.15) is 0 Å². The maximum absolute atomic E-state index is 12.5. The second kappa shape index (κ2) is 8.49. The summed E-state index contributed by atoms with van der Waals surface area (Å²) in [6, 6.07) is 6.10. The molecule has 1 saturated carbocycles. The molecule has 0 saturated heterocycles. The first-order valence-corrected chi connectivity index (χ1v) is 9.50. The molecule has 1 aromatic carbocycles. The van der Waals surface area contributed by atoms with Crippen LogP contribution < -0.4 is 10.6 Å². The van der Waals surface area contributed by atoms with Crippen molar-refractivity contribution in [2.75, 3.05) is 6.54 Å². The van der Waals surface area contributed by atoms with Gasteiger partial charge in [0, 0.05) is 6.54 Å². The molecule has 5 heteroatoms. The number of benzene rings is 1. The van der Waals surface area contributed by atoms with Gasteiger partial charge in [-0.05, 0) is 35.6 Å². The number of ether oxygens (including phenoxy) is 1. The molecule has 0 bridgehead atoms. The maximum atomic E-state index is 12.5. The first-order chi connectivity index (χ1) is 12.6. The third-order valence-corrected chi connectivity index (χ3v) is 5.41. The Kier molecular flexibility index (Phi) is 6.09. The van der Waals surface area contributed by atoms with Gasteiger partial charge >= 0.3 is 0 Å². The zero-order valence-corrected chi connectivity index (χ0v) is 15.3. The minimum absolute atomic E-state index is 0.0136. The maximum Gasteiger partial charge on any atom is 0.243 e. The summed E-state index contributed by atoms with van der Waals surface area (Å²) < 4.78 is 5.43. The Bertz CT molecular complexity index is 676. The van der Waals surface area contributed by atoms with E-state index in [2.05, 4.69) is 23.3 Å². The van der Waals surface area contributed by atoms with E-state index in [4.69, 9.17) is 4.74 Å². The Morgan fingerprint density at radius 2 is 1.85 bits per heavy atom. The van der Waals surface area contributed by atoms with Gasteiger partial charge in [0.2, 0.25) is 11.8 Å². The lowest BCUT2D eigenvalue weighted by atomic mass is 9.89. The van der Waals surface area contributed by atoms with Crippen molar-refractivity contribution in [2.24, 2.45) is 0 Å². The molecule has 26 heavy (non-hydrogen) atoms. The average molecular weight is 356 g/mol. The standard InChI is InChI=1S/C21H28N2O3/c1-2-19(24)23-21(9-5-3-4-6-10-21)15-22-20(25)12-16-7-8-17-13-26-14-18(17)11-16/h2,7-8,11H,1,3-6,9-10,12-15H2,(H,22,25)(H,23,24). The lowest BCUT2D eigenvalue weighted by Crippen LogP contribution is -2.55. The van der Waals surface area contributed by atoms with Crippen LogP contribution in [0.5, 0.6) is 0 Å². The van der Waals surface area contributed by atoms with Gasteiger partial charge in [-0.1, -0.05) is 50.5 Å². The van der Waals surface area contributed by atoms with Crippen LogP contribution in [0.2, 0.25) is 0 Å². The molecule has 0 radical (unpaired) electrons. The van der Waals surface area contributed by atoms with Crippen molar-refractivity contribution >= 4 is 11.8 Å². The summed E-state index contributed by atoms with van der Waals surface area (Å²) in [4.78, 5) is 24.4. The number of hydrogen-bond acceptors (Lipinski definition) is 3. The summed E-state index contributed by atoms with van der Waals surface area (Å²) in [7, 11) is 0. The van der Waals surface area contributed by atoms with Crippen LogP contribution in [0.4, 0.5) is 0 Å². The first-order valence-electron chi connectivity index (χ1n) is 9.50. The molecule has 2 N–H and O–H groups in total. The Morgan fingerprint density at radius 1 is 1.12 bits per heavy atom. The van der Waals surface area contributed by atoms with Crippen molar-refractivity contribution in [3.63, 3.8) is 0 Å². The van der Waals surface area contributed by atoms with Crippen LogP contribution in [0.25, 0.3) is 0 Å². The number of nitrogens with one attached hydrogen (secondary N) is 2. The molecule has 1 heterocycles. The fraction of sp³-hybridized carbons (Fsp3) is 0.524. The van der Waals surface area contributed by atoms with E-state index in [0.717, 1.165) is 31.2 Å². The molecule has 0 aromatic heterocycles. The van der Waals surface area contributed by atoms with E-state index in [1.807, 2.05) is 12.1 Å². The summed E-state index contributed by atoms with van der Waals surface area (Å²) in [6.45, 7) is 5.31. The Balaban J connectivity index is 1.59. The predicted octanol–water partition coefficient (Wildman–Crippen LogP) is 2.77. The van der Waals surface area contributed by atoms with Crippen LogP contribution in [0, 0.1) is 0 Å². The Labute approximate surface area is 155 Å². The third kappa shape index (κ3) is 4.73. The molecule has 140 valence electrons. The average Bonchev–Trinajstić information content (AvgIpc) is 2.98. The topological polar surface area (TPSA) is 67.4 Å². The highest BCUT2D eigenvalue weighted by molar-refractivity contribution is 5.87. The Hall–Kier alpha value is -2.14. The van der Waals surface area contributed by atoms with E-state index in [1.165, 1.54) is 30.0 Å². The van der Waals surface area contributed by atoms with Crippen LogP contribution in [0.15, 0.2) is 30.9 Å². The van der Waals surface area contributed by atoms with E-state index >= 15 is 0 Å². The summed E-state index contributed by atoms with van der Waals surface area (Å²) in [5, 5.41) is 6.13. The Morgan fingerprint density at radius 3 is 2.58 bits per heavy atom. The van der Waals surface area contributed by atoms with Crippen molar-refractivity contribution in [3.8, 4) is 0 Å². The minimum atomic E-state index is -0.358. The molecule has 0 unspecified atom stereocenters. The quantitative estimate of drug-likeness (QED) is 0.608. The van der Waals surface area contributed by atoms with Crippen molar-refractivity contribution in [1.82, 2.24) is 10.6 Å². The zero-order chi connectivity index (χ0) is 18.4. The summed E-state index contributed by atoms with van der Waals surface area (Å²) in [5.41, 5.74) is 3.02. The second-order valence-corrected chi connectivity index (χ2v) is 7.44. The number of carbonyl (C=O) groups is 2. The summed E-state index contributed by atoms with van der Waals surface area (Å²) in [6.07, 6.45) is 7.93. The van der Waals surface area contributed by atoms with Gasteiger partial charge in [0.15, 0.2) is 0 Å². The van der Waals surface area contributed by atoms with Crippen molar-refractivity contribution in [3.05, 3.63) is 47.5 Å². The van der Waals surface area contributed by atoms with Gasteiger partial charge in [-0.3, -0.25) is 9.59 Å². The molecular weight excluding hydrogens is 328 g/mol. The van der Waals surface area contributed by atoms with Crippen molar-refractivity contribution in [1.29, 1.82) is 0 Å². The number of amides is 2. The zero-order valence-electron chi connectivity index (χ0n) is 15.3. The van der Waals surface area contributed by atoms with Crippen LogP contribution in [0.1, 0.15) is 55.2 Å². The molecule has 2 amide bonds.